The number of ether oxygens (including phenoxy) is 1. The molecule has 5 rings (SSSR count). The van der Waals surface area contributed by atoms with Gasteiger partial charge in [-0.2, -0.15) is 0 Å². The molecule has 0 aliphatic carbocycles. The smallest absolute Gasteiger partial charge is 0.271 e. The summed E-state index contributed by atoms with van der Waals surface area (Å²) in [6, 6.07) is 20.9. The van der Waals surface area contributed by atoms with Crippen LogP contribution in [0.5, 0.6) is 5.75 Å². The Balaban J connectivity index is 1.68. The minimum atomic E-state index is -0.694. The molecule has 1 aliphatic heterocycles. The minimum absolute atomic E-state index is 0.270. The number of carbonyl (C=O) groups is 1. The molecule has 1 atom stereocenters. The Kier molecular flexibility index (Phi) is 7.51. The summed E-state index contributed by atoms with van der Waals surface area (Å²) >= 11 is 13.7. The number of halogens is 2. The molecule has 1 amide bonds. The molecule has 1 aromatic heterocycles. The van der Waals surface area contributed by atoms with Crippen molar-refractivity contribution in [3.63, 3.8) is 0 Å². The summed E-state index contributed by atoms with van der Waals surface area (Å²) in [6.07, 6.45) is 1.75. The second-order valence-corrected chi connectivity index (χ2v) is 10.5. The molecule has 192 valence electrons. The number of aromatic nitrogens is 1. The Morgan fingerprint density at radius 1 is 1.08 bits per heavy atom. The fraction of sp³-hybridized carbons (Fsp3) is 0.138. The van der Waals surface area contributed by atoms with Gasteiger partial charge in [0.1, 0.15) is 5.75 Å². The van der Waals surface area contributed by atoms with E-state index in [1.165, 1.54) is 11.3 Å². The van der Waals surface area contributed by atoms with Crippen LogP contribution in [0.2, 0.25) is 10.0 Å². The van der Waals surface area contributed by atoms with E-state index in [0.29, 0.717) is 54.3 Å². The fourth-order valence-corrected chi connectivity index (χ4v) is 5.70. The van der Waals surface area contributed by atoms with Crippen LogP contribution in [-0.4, -0.2) is 17.1 Å². The van der Waals surface area contributed by atoms with Crippen LogP contribution in [0.1, 0.15) is 31.0 Å². The van der Waals surface area contributed by atoms with Crippen LogP contribution in [0.4, 0.5) is 5.69 Å². The summed E-state index contributed by atoms with van der Waals surface area (Å²) in [5, 5.41) is 4.03. The first-order valence-corrected chi connectivity index (χ1v) is 13.5. The lowest BCUT2D eigenvalue weighted by molar-refractivity contribution is -0.113. The maximum atomic E-state index is 13.9. The van der Waals surface area contributed by atoms with E-state index >= 15 is 0 Å². The largest absolute Gasteiger partial charge is 0.493 e. The molecular weight excluding hydrogens is 541 g/mol. The van der Waals surface area contributed by atoms with Gasteiger partial charge in [-0.25, -0.2) is 4.99 Å². The van der Waals surface area contributed by atoms with Crippen LogP contribution in [0.15, 0.2) is 93.9 Å². The monoisotopic (exact) mass is 563 g/mol. The summed E-state index contributed by atoms with van der Waals surface area (Å²) in [5.41, 5.74) is 2.72. The normalized spacial score (nSPS) is 15.2. The Morgan fingerprint density at radius 2 is 1.79 bits per heavy atom. The Morgan fingerprint density at radius 3 is 2.50 bits per heavy atom. The first-order chi connectivity index (χ1) is 18.4. The van der Waals surface area contributed by atoms with Crippen molar-refractivity contribution in [1.29, 1.82) is 0 Å². The molecule has 6 nitrogen and oxygen atoms in total. The number of anilines is 1. The first-order valence-electron chi connectivity index (χ1n) is 11.9. The molecule has 0 spiro atoms. The molecule has 1 N–H and O–H groups in total. The third-order valence-corrected chi connectivity index (χ3v) is 7.51. The molecule has 0 unspecified atom stereocenters. The van der Waals surface area contributed by atoms with Gasteiger partial charge < -0.3 is 10.1 Å². The van der Waals surface area contributed by atoms with Gasteiger partial charge in [-0.3, -0.25) is 14.2 Å². The van der Waals surface area contributed by atoms with E-state index in [1.807, 2.05) is 37.3 Å². The quantitative estimate of drug-likeness (QED) is 0.333. The molecule has 38 heavy (non-hydrogen) atoms. The lowest BCUT2D eigenvalue weighted by atomic mass is 9.95. The number of amides is 1. The Labute approximate surface area is 233 Å². The molecule has 2 heterocycles. The highest BCUT2D eigenvalue weighted by molar-refractivity contribution is 7.07. The number of thiazole rings is 1. The number of rotatable bonds is 6. The molecule has 0 fully saturated rings. The second-order valence-electron chi connectivity index (χ2n) is 8.57. The van der Waals surface area contributed by atoms with Crippen molar-refractivity contribution in [2.45, 2.75) is 19.9 Å². The van der Waals surface area contributed by atoms with Gasteiger partial charge in [-0.05, 0) is 68.0 Å². The summed E-state index contributed by atoms with van der Waals surface area (Å²) in [4.78, 5) is 32.7. The zero-order valence-corrected chi connectivity index (χ0v) is 22.9. The topological polar surface area (TPSA) is 72.7 Å². The minimum Gasteiger partial charge on any atom is -0.493 e. The number of nitrogens with one attached hydrogen (secondary N) is 1. The molecule has 0 bridgehead atoms. The van der Waals surface area contributed by atoms with E-state index in [0.717, 1.165) is 5.56 Å². The maximum absolute atomic E-state index is 13.9. The molecule has 9 heteroatoms. The molecule has 1 aliphatic rings. The Hall–Kier alpha value is -3.65. The number of nitrogens with zero attached hydrogens (tertiary/aromatic N) is 2. The number of hydrogen-bond donors (Lipinski definition) is 1. The lowest BCUT2D eigenvalue weighted by Gasteiger charge is -2.25. The molecule has 4 aromatic rings. The number of fused-ring (bicyclic) bond motifs is 1. The highest BCUT2D eigenvalue weighted by atomic mass is 35.5. The lowest BCUT2D eigenvalue weighted by Crippen LogP contribution is -2.40. The van der Waals surface area contributed by atoms with E-state index < -0.39 is 6.04 Å². The third-order valence-electron chi connectivity index (χ3n) is 6.04. The van der Waals surface area contributed by atoms with Crippen LogP contribution in [-0.2, 0) is 4.79 Å². The molecule has 0 radical (unpaired) electrons. The summed E-state index contributed by atoms with van der Waals surface area (Å²) in [7, 11) is 0. The van der Waals surface area contributed by atoms with Gasteiger partial charge in [0.2, 0.25) is 0 Å². The molecule has 0 saturated carbocycles. The van der Waals surface area contributed by atoms with Gasteiger partial charge in [-0.1, -0.05) is 64.9 Å². The SMILES string of the molecule is CCOc1ccc(Cl)cc1/C=c1\sc2n(c1=O)[C@H](c1ccc(Cl)cc1)C(C(=O)Nc1ccccc1)=C(C)N=2. The molecule has 0 saturated heterocycles. The third kappa shape index (κ3) is 5.18. The van der Waals surface area contributed by atoms with Crippen molar-refractivity contribution >= 4 is 52.2 Å². The van der Waals surface area contributed by atoms with E-state index in [-0.39, 0.29) is 11.5 Å². The van der Waals surface area contributed by atoms with Gasteiger partial charge in [0.15, 0.2) is 4.80 Å². The number of allylic oxidation sites excluding steroid dienone is 1. The number of hydrogen-bond acceptors (Lipinski definition) is 5. The van der Waals surface area contributed by atoms with Gasteiger partial charge >= 0.3 is 0 Å². The molecule has 3 aromatic carbocycles. The van der Waals surface area contributed by atoms with Gasteiger partial charge in [0.25, 0.3) is 11.5 Å². The van der Waals surface area contributed by atoms with Crippen molar-refractivity contribution < 1.29 is 9.53 Å². The van der Waals surface area contributed by atoms with E-state index in [4.69, 9.17) is 27.9 Å². The van der Waals surface area contributed by atoms with Crippen LogP contribution < -0.4 is 24.9 Å². The van der Waals surface area contributed by atoms with E-state index in [1.54, 1.807) is 60.0 Å². The van der Waals surface area contributed by atoms with Crippen molar-refractivity contribution in [2.24, 2.45) is 4.99 Å². The maximum Gasteiger partial charge on any atom is 0.271 e. The van der Waals surface area contributed by atoms with Gasteiger partial charge in [0.05, 0.1) is 28.5 Å². The standard InChI is InChI=1S/C29H23Cl2N3O3S/c1-3-37-23-14-13-21(31)15-19(23)16-24-28(36)34-26(18-9-11-20(30)12-10-18)25(17(2)32-29(34)38-24)27(35)33-22-7-5-4-6-8-22/h4-16,26H,3H2,1-2H3,(H,33,35)/b24-16-/t26-/m1/s1. The van der Waals surface area contributed by atoms with Crippen LogP contribution >= 0.6 is 34.5 Å². The zero-order chi connectivity index (χ0) is 26.8. The zero-order valence-electron chi connectivity index (χ0n) is 20.6. The number of para-hydroxylation sites is 1. The van der Waals surface area contributed by atoms with Crippen molar-refractivity contribution in [3.8, 4) is 5.75 Å². The summed E-state index contributed by atoms with van der Waals surface area (Å²) in [6.45, 7) is 4.15. The van der Waals surface area contributed by atoms with Crippen LogP contribution in [0, 0.1) is 0 Å². The van der Waals surface area contributed by atoms with Gasteiger partial charge in [-0.15, -0.1) is 0 Å². The highest BCUT2D eigenvalue weighted by Gasteiger charge is 2.32. The predicted molar refractivity (Wildman–Crippen MR) is 153 cm³/mol. The van der Waals surface area contributed by atoms with Gasteiger partial charge in [0, 0.05) is 21.3 Å². The second kappa shape index (κ2) is 11.0. The van der Waals surface area contributed by atoms with Crippen LogP contribution in [0.25, 0.3) is 6.08 Å². The predicted octanol–water partition coefficient (Wildman–Crippen LogP) is 5.58. The van der Waals surface area contributed by atoms with Crippen molar-refractivity contribution in [2.75, 3.05) is 11.9 Å². The van der Waals surface area contributed by atoms with Crippen molar-refractivity contribution in [3.05, 3.63) is 125 Å². The number of benzene rings is 3. The highest BCUT2D eigenvalue weighted by Crippen LogP contribution is 2.31. The van der Waals surface area contributed by atoms with E-state index in [2.05, 4.69) is 10.3 Å². The average molecular weight is 564 g/mol. The summed E-state index contributed by atoms with van der Waals surface area (Å²) < 4.78 is 7.75. The van der Waals surface area contributed by atoms with Crippen LogP contribution in [0.3, 0.4) is 0 Å². The fourth-order valence-electron chi connectivity index (χ4n) is 4.35. The first kappa shape index (κ1) is 26.0. The van der Waals surface area contributed by atoms with E-state index in [9.17, 15) is 9.59 Å². The summed E-state index contributed by atoms with van der Waals surface area (Å²) in [5.74, 6) is 0.288. The molecular formula is C29H23Cl2N3O3S. The number of carbonyl (C=O) groups excluding carboxylic acids is 1. The van der Waals surface area contributed by atoms with Crippen molar-refractivity contribution in [1.82, 2.24) is 4.57 Å². The average Bonchev–Trinajstić information content (AvgIpc) is 3.20. The Bertz CT molecular complexity index is 1730.